The molecule has 3 aromatic carbocycles. The summed E-state index contributed by atoms with van der Waals surface area (Å²) < 4.78 is 15.6. The van der Waals surface area contributed by atoms with Gasteiger partial charge < -0.3 is 19.3 Å². The number of Topliss-reactive ketones (excluding diaryl/α,β-unsaturated/α-hetero) is 1. The van der Waals surface area contributed by atoms with Gasteiger partial charge in [-0.25, -0.2) is 4.79 Å². The van der Waals surface area contributed by atoms with Crippen LogP contribution in [-0.4, -0.2) is 43.6 Å². The van der Waals surface area contributed by atoms with E-state index in [9.17, 15) is 19.5 Å². The third kappa shape index (κ3) is 4.88. The van der Waals surface area contributed by atoms with Gasteiger partial charge in [0.1, 0.15) is 17.3 Å². The summed E-state index contributed by atoms with van der Waals surface area (Å²) in [5.41, 5.74) is 1.17. The average Bonchev–Trinajstić information content (AvgIpc) is 3.19. The summed E-state index contributed by atoms with van der Waals surface area (Å²) >= 11 is 6.20. The Labute approximate surface area is 218 Å². The van der Waals surface area contributed by atoms with Crippen LogP contribution in [0.25, 0.3) is 5.76 Å². The molecule has 1 unspecified atom stereocenters. The van der Waals surface area contributed by atoms with Crippen molar-refractivity contribution in [1.29, 1.82) is 0 Å². The fraction of sp³-hybridized carbons (Fsp3) is 0.179. The molecule has 1 amide bonds. The second-order valence-corrected chi connectivity index (χ2v) is 8.47. The van der Waals surface area contributed by atoms with Gasteiger partial charge >= 0.3 is 5.97 Å². The van der Waals surface area contributed by atoms with E-state index in [0.717, 1.165) is 0 Å². The van der Waals surface area contributed by atoms with E-state index in [0.29, 0.717) is 28.7 Å². The van der Waals surface area contributed by atoms with Crippen molar-refractivity contribution in [3.63, 3.8) is 0 Å². The Morgan fingerprint density at radius 1 is 1.00 bits per heavy atom. The van der Waals surface area contributed by atoms with Gasteiger partial charge in [-0.2, -0.15) is 0 Å². The topological polar surface area (TPSA) is 102 Å². The zero-order valence-electron chi connectivity index (χ0n) is 20.4. The van der Waals surface area contributed by atoms with Gasteiger partial charge in [-0.05, 0) is 61.0 Å². The van der Waals surface area contributed by atoms with E-state index in [1.807, 2.05) is 0 Å². The minimum absolute atomic E-state index is 0.122. The van der Waals surface area contributed by atoms with Crippen molar-refractivity contribution in [2.45, 2.75) is 13.0 Å². The van der Waals surface area contributed by atoms with Crippen molar-refractivity contribution < 1.29 is 33.7 Å². The van der Waals surface area contributed by atoms with Gasteiger partial charge in [0.15, 0.2) is 0 Å². The minimum Gasteiger partial charge on any atom is -0.507 e. The number of rotatable bonds is 7. The van der Waals surface area contributed by atoms with Gasteiger partial charge in [-0.1, -0.05) is 29.8 Å². The maximum atomic E-state index is 13.4. The molecule has 0 bridgehead atoms. The number of amides is 1. The molecular formula is C28H24ClNO7. The van der Waals surface area contributed by atoms with Crippen molar-refractivity contribution >= 4 is 40.7 Å². The van der Waals surface area contributed by atoms with Crippen LogP contribution in [0.3, 0.4) is 0 Å². The van der Waals surface area contributed by atoms with Crippen LogP contribution < -0.4 is 14.4 Å². The predicted molar refractivity (Wildman–Crippen MR) is 138 cm³/mol. The van der Waals surface area contributed by atoms with Crippen LogP contribution in [0, 0.1) is 0 Å². The molecule has 1 aliphatic rings. The molecule has 0 aromatic heterocycles. The molecule has 0 radical (unpaired) electrons. The van der Waals surface area contributed by atoms with Crippen LogP contribution in [0.1, 0.15) is 34.5 Å². The number of hydrogen-bond acceptors (Lipinski definition) is 7. The maximum absolute atomic E-state index is 13.4. The number of carbonyl (C=O) groups excluding carboxylic acids is 3. The lowest BCUT2D eigenvalue weighted by Gasteiger charge is -2.26. The van der Waals surface area contributed by atoms with Crippen molar-refractivity contribution in [3.8, 4) is 11.5 Å². The lowest BCUT2D eigenvalue weighted by atomic mass is 9.95. The maximum Gasteiger partial charge on any atom is 0.337 e. The number of hydrogen-bond donors (Lipinski definition) is 1. The first kappa shape index (κ1) is 25.8. The third-order valence-electron chi connectivity index (χ3n) is 5.93. The summed E-state index contributed by atoms with van der Waals surface area (Å²) in [6, 6.07) is 16.6. The van der Waals surface area contributed by atoms with Gasteiger partial charge in [0.05, 0.1) is 43.0 Å². The van der Waals surface area contributed by atoms with E-state index >= 15 is 0 Å². The Hall–Kier alpha value is -4.30. The SMILES string of the molecule is CCOc1cc(/C(O)=C2\C(=O)C(=O)N(c3cccc(C(=O)OC)c3)C2c2ccc(OC)cc2)ccc1Cl. The molecule has 0 spiro atoms. The summed E-state index contributed by atoms with van der Waals surface area (Å²) in [7, 11) is 2.77. The first-order valence-electron chi connectivity index (χ1n) is 11.4. The average molecular weight is 522 g/mol. The highest BCUT2D eigenvalue weighted by Crippen LogP contribution is 2.43. The van der Waals surface area contributed by atoms with Crippen molar-refractivity contribution in [1.82, 2.24) is 0 Å². The summed E-state index contributed by atoms with van der Waals surface area (Å²) in [4.78, 5) is 40.1. The van der Waals surface area contributed by atoms with Gasteiger partial charge in [0, 0.05) is 11.3 Å². The standard InChI is InChI=1S/C28H24ClNO7/c1-4-37-22-15-17(10-13-21(22)29)25(31)23-24(16-8-11-20(35-2)12-9-16)30(27(33)26(23)32)19-7-5-6-18(14-19)28(34)36-3/h5-15,24,31H,4H2,1-3H3/b25-23+. The second kappa shape index (κ2) is 10.8. The number of anilines is 1. The molecule has 3 aromatic rings. The van der Waals surface area contributed by atoms with Crippen molar-refractivity contribution in [2.75, 3.05) is 25.7 Å². The zero-order chi connectivity index (χ0) is 26.7. The number of aliphatic hydroxyl groups is 1. The van der Waals surface area contributed by atoms with Crippen LogP contribution in [0.5, 0.6) is 11.5 Å². The lowest BCUT2D eigenvalue weighted by Crippen LogP contribution is -2.29. The number of carbonyl (C=O) groups is 3. The van der Waals surface area contributed by atoms with Crippen molar-refractivity contribution in [2.24, 2.45) is 0 Å². The fourth-order valence-electron chi connectivity index (χ4n) is 4.17. The Morgan fingerprint density at radius 2 is 1.73 bits per heavy atom. The molecule has 37 heavy (non-hydrogen) atoms. The van der Waals surface area contributed by atoms with Crippen LogP contribution in [0.2, 0.25) is 5.02 Å². The highest BCUT2D eigenvalue weighted by atomic mass is 35.5. The smallest absolute Gasteiger partial charge is 0.337 e. The Balaban J connectivity index is 1.93. The number of esters is 1. The molecule has 1 N–H and O–H groups in total. The van der Waals surface area contributed by atoms with Crippen LogP contribution in [0.4, 0.5) is 5.69 Å². The molecule has 1 fully saturated rings. The molecule has 0 aliphatic carbocycles. The highest BCUT2D eigenvalue weighted by molar-refractivity contribution is 6.51. The molecular weight excluding hydrogens is 498 g/mol. The molecule has 1 atom stereocenters. The van der Waals surface area contributed by atoms with Gasteiger partial charge in [-0.15, -0.1) is 0 Å². The minimum atomic E-state index is -0.995. The van der Waals surface area contributed by atoms with E-state index in [1.165, 1.54) is 43.4 Å². The molecule has 0 saturated carbocycles. The molecule has 1 heterocycles. The Bertz CT molecular complexity index is 1400. The Kier molecular flexibility index (Phi) is 7.50. The van der Waals surface area contributed by atoms with E-state index < -0.39 is 23.7 Å². The van der Waals surface area contributed by atoms with Gasteiger partial charge in [-0.3, -0.25) is 14.5 Å². The number of halogens is 1. The number of benzene rings is 3. The summed E-state index contributed by atoms with van der Waals surface area (Å²) in [5, 5.41) is 11.7. The first-order valence-corrected chi connectivity index (χ1v) is 11.7. The zero-order valence-corrected chi connectivity index (χ0v) is 21.1. The highest BCUT2D eigenvalue weighted by Gasteiger charge is 2.47. The number of aliphatic hydroxyl groups excluding tert-OH is 1. The third-order valence-corrected chi connectivity index (χ3v) is 6.24. The lowest BCUT2D eigenvalue weighted by molar-refractivity contribution is -0.132. The van der Waals surface area contributed by atoms with E-state index in [2.05, 4.69) is 0 Å². The van der Waals surface area contributed by atoms with E-state index in [4.69, 9.17) is 25.8 Å². The van der Waals surface area contributed by atoms with Crippen LogP contribution >= 0.6 is 11.6 Å². The monoisotopic (exact) mass is 521 g/mol. The molecule has 4 rings (SSSR count). The largest absolute Gasteiger partial charge is 0.507 e. The number of ketones is 1. The fourth-order valence-corrected chi connectivity index (χ4v) is 4.35. The van der Waals surface area contributed by atoms with Gasteiger partial charge in [0.25, 0.3) is 11.7 Å². The van der Waals surface area contributed by atoms with Crippen LogP contribution in [0.15, 0.2) is 72.3 Å². The first-order chi connectivity index (χ1) is 17.8. The van der Waals surface area contributed by atoms with Crippen LogP contribution in [-0.2, 0) is 14.3 Å². The van der Waals surface area contributed by atoms with E-state index in [-0.39, 0.29) is 28.1 Å². The number of ether oxygens (including phenoxy) is 3. The normalized spacial score (nSPS) is 16.5. The summed E-state index contributed by atoms with van der Waals surface area (Å²) in [6.45, 7) is 2.14. The number of methoxy groups -OCH3 is 2. The second-order valence-electron chi connectivity index (χ2n) is 8.06. The summed E-state index contributed by atoms with van der Waals surface area (Å²) in [6.07, 6.45) is 0. The Morgan fingerprint density at radius 3 is 2.38 bits per heavy atom. The van der Waals surface area contributed by atoms with Gasteiger partial charge in [0.2, 0.25) is 0 Å². The quantitative estimate of drug-likeness (QED) is 0.198. The predicted octanol–water partition coefficient (Wildman–Crippen LogP) is 5.16. The van der Waals surface area contributed by atoms with E-state index in [1.54, 1.807) is 49.4 Å². The molecule has 1 saturated heterocycles. The summed E-state index contributed by atoms with van der Waals surface area (Å²) in [5.74, 6) is -1.81. The molecule has 9 heteroatoms. The van der Waals surface area contributed by atoms with Crippen molar-refractivity contribution in [3.05, 3.63) is 94.0 Å². The number of nitrogens with zero attached hydrogens (tertiary/aromatic N) is 1. The molecule has 8 nitrogen and oxygen atoms in total. The molecule has 190 valence electrons. The molecule has 1 aliphatic heterocycles.